The largest absolute Gasteiger partial charge is 0.338 e. The smallest absolute Gasteiger partial charge is 0.255 e. The van der Waals surface area contributed by atoms with E-state index < -0.39 is 0 Å². The predicted octanol–water partition coefficient (Wildman–Crippen LogP) is 2.23. The van der Waals surface area contributed by atoms with Crippen LogP contribution in [0.1, 0.15) is 23.1 Å². The molecule has 1 fully saturated rings. The van der Waals surface area contributed by atoms with Crippen molar-refractivity contribution in [3.63, 3.8) is 0 Å². The van der Waals surface area contributed by atoms with Crippen LogP contribution < -0.4 is 20.9 Å². The van der Waals surface area contributed by atoms with Crippen LogP contribution in [0.4, 0.5) is 23.4 Å². The summed E-state index contributed by atoms with van der Waals surface area (Å²) in [5.41, 5.74) is 1.22. The van der Waals surface area contributed by atoms with Crippen molar-refractivity contribution in [3.05, 3.63) is 60.0 Å². The van der Waals surface area contributed by atoms with Crippen molar-refractivity contribution < 1.29 is 4.79 Å². The standard InChI is InChI=1S/C21H24N8O/c1-2-17-25-20(28-21(27-17)29-12-10-22-11-13-29)26-18-14-15(8-9-23-18)19(30)24-16-6-4-3-5-7-16/h3-9,14,22H,2,10-13H2,1H3,(H,24,30)(H,23,25,26,27,28). The molecule has 9 nitrogen and oxygen atoms in total. The van der Waals surface area contributed by atoms with Crippen LogP contribution in [0.2, 0.25) is 0 Å². The van der Waals surface area contributed by atoms with E-state index in [4.69, 9.17) is 0 Å². The molecule has 0 unspecified atom stereocenters. The molecule has 1 aliphatic rings. The number of nitrogens with one attached hydrogen (secondary N) is 3. The van der Waals surface area contributed by atoms with Crippen LogP contribution in [0.3, 0.4) is 0 Å². The second-order valence-electron chi connectivity index (χ2n) is 6.84. The van der Waals surface area contributed by atoms with E-state index >= 15 is 0 Å². The van der Waals surface area contributed by atoms with Crippen LogP contribution in [0.25, 0.3) is 0 Å². The highest BCUT2D eigenvalue weighted by Gasteiger charge is 2.16. The summed E-state index contributed by atoms with van der Waals surface area (Å²) in [6.45, 7) is 5.50. The molecule has 3 N–H and O–H groups in total. The minimum atomic E-state index is -0.210. The summed E-state index contributed by atoms with van der Waals surface area (Å²) >= 11 is 0. The summed E-state index contributed by atoms with van der Waals surface area (Å²) in [5.74, 6) is 2.07. The summed E-state index contributed by atoms with van der Waals surface area (Å²) in [6, 6.07) is 12.7. The SMILES string of the molecule is CCc1nc(Nc2cc(C(=O)Nc3ccccc3)ccn2)nc(N2CCNCC2)n1. The molecular weight excluding hydrogens is 380 g/mol. The number of anilines is 4. The number of carbonyl (C=O) groups excluding carboxylic acids is 1. The molecule has 9 heteroatoms. The van der Waals surface area contributed by atoms with E-state index in [-0.39, 0.29) is 5.91 Å². The lowest BCUT2D eigenvalue weighted by atomic mass is 10.2. The summed E-state index contributed by atoms with van der Waals surface area (Å²) in [6.07, 6.45) is 2.28. The molecule has 0 bridgehead atoms. The molecule has 1 amide bonds. The van der Waals surface area contributed by atoms with Gasteiger partial charge in [-0.05, 0) is 24.3 Å². The van der Waals surface area contributed by atoms with Crippen molar-refractivity contribution in [2.45, 2.75) is 13.3 Å². The van der Waals surface area contributed by atoms with Gasteiger partial charge >= 0.3 is 0 Å². The van der Waals surface area contributed by atoms with E-state index in [0.29, 0.717) is 35.5 Å². The molecule has 0 spiro atoms. The van der Waals surface area contributed by atoms with Gasteiger partial charge in [0.25, 0.3) is 5.91 Å². The molecule has 0 atom stereocenters. The van der Waals surface area contributed by atoms with Gasteiger partial charge in [0.15, 0.2) is 0 Å². The molecule has 3 heterocycles. The Kier molecular flexibility index (Phi) is 6.09. The minimum Gasteiger partial charge on any atom is -0.338 e. The Morgan fingerprint density at radius 1 is 1.10 bits per heavy atom. The quantitative estimate of drug-likeness (QED) is 0.574. The molecule has 1 aromatic carbocycles. The zero-order chi connectivity index (χ0) is 20.8. The van der Waals surface area contributed by atoms with Gasteiger partial charge in [-0.25, -0.2) is 4.98 Å². The van der Waals surface area contributed by atoms with Gasteiger partial charge in [0.1, 0.15) is 11.6 Å². The Balaban J connectivity index is 1.52. The number of hydrogen-bond donors (Lipinski definition) is 3. The van der Waals surface area contributed by atoms with E-state index in [9.17, 15) is 4.79 Å². The lowest BCUT2D eigenvalue weighted by Gasteiger charge is -2.27. The molecule has 3 aromatic rings. The van der Waals surface area contributed by atoms with Crippen LogP contribution in [-0.4, -0.2) is 52.0 Å². The van der Waals surface area contributed by atoms with Crippen LogP contribution in [0.5, 0.6) is 0 Å². The summed E-state index contributed by atoms with van der Waals surface area (Å²) in [7, 11) is 0. The van der Waals surface area contributed by atoms with Crippen molar-refractivity contribution in [1.29, 1.82) is 0 Å². The van der Waals surface area contributed by atoms with E-state index in [1.165, 1.54) is 0 Å². The summed E-state index contributed by atoms with van der Waals surface area (Å²) < 4.78 is 0. The average molecular weight is 404 g/mol. The maximum Gasteiger partial charge on any atom is 0.255 e. The first-order chi connectivity index (χ1) is 14.7. The van der Waals surface area contributed by atoms with Crippen LogP contribution in [-0.2, 0) is 6.42 Å². The first-order valence-electron chi connectivity index (χ1n) is 10.0. The molecular formula is C21H24N8O. The fraction of sp³-hybridized carbons (Fsp3) is 0.286. The molecule has 0 saturated carbocycles. The maximum atomic E-state index is 12.6. The normalized spacial score (nSPS) is 13.7. The number of piperazine rings is 1. The van der Waals surface area contributed by atoms with Crippen molar-refractivity contribution >= 4 is 29.3 Å². The molecule has 1 aliphatic heterocycles. The van der Waals surface area contributed by atoms with Crippen molar-refractivity contribution in [3.8, 4) is 0 Å². The predicted molar refractivity (Wildman–Crippen MR) is 116 cm³/mol. The van der Waals surface area contributed by atoms with Crippen LogP contribution >= 0.6 is 0 Å². The fourth-order valence-electron chi connectivity index (χ4n) is 3.11. The Morgan fingerprint density at radius 2 is 1.90 bits per heavy atom. The van der Waals surface area contributed by atoms with Crippen molar-refractivity contribution in [2.75, 3.05) is 41.7 Å². The van der Waals surface area contributed by atoms with Crippen molar-refractivity contribution in [1.82, 2.24) is 25.3 Å². The molecule has 0 aliphatic carbocycles. The second-order valence-corrected chi connectivity index (χ2v) is 6.84. The third-order valence-corrected chi connectivity index (χ3v) is 4.68. The average Bonchev–Trinajstić information content (AvgIpc) is 2.80. The van der Waals surface area contributed by atoms with Gasteiger partial charge < -0.3 is 20.9 Å². The number of amides is 1. The fourth-order valence-corrected chi connectivity index (χ4v) is 3.11. The number of pyridine rings is 1. The zero-order valence-corrected chi connectivity index (χ0v) is 16.8. The monoisotopic (exact) mass is 404 g/mol. The topological polar surface area (TPSA) is 108 Å². The van der Waals surface area contributed by atoms with Gasteiger partial charge in [0, 0.05) is 50.0 Å². The molecule has 0 radical (unpaired) electrons. The Labute approximate surface area is 175 Å². The molecule has 1 saturated heterocycles. The van der Waals surface area contributed by atoms with E-state index in [2.05, 4.69) is 40.8 Å². The van der Waals surface area contributed by atoms with Crippen LogP contribution in [0, 0.1) is 0 Å². The third kappa shape index (κ3) is 4.87. The number of carbonyl (C=O) groups is 1. The van der Waals surface area contributed by atoms with Gasteiger partial charge in [-0.1, -0.05) is 25.1 Å². The van der Waals surface area contributed by atoms with Gasteiger partial charge in [-0.15, -0.1) is 0 Å². The Bertz CT molecular complexity index is 1000. The Hall–Kier alpha value is -3.59. The number of rotatable bonds is 6. The minimum absolute atomic E-state index is 0.210. The van der Waals surface area contributed by atoms with E-state index in [1.807, 2.05) is 37.3 Å². The number of aromatic nitrogens is 4. The third-order valence-electron chi connectivity index (χ3n) is 4.68. The lowest BCUT2D eigenvalue weighted by molar-refractivity contribution is 0.102. The Morgan fingerprint density at radius 3 is 2.67 bits per heavy atom. The second kappa shape index (κ2) is 9.27. The number of benzene rings is 1. The van der Waals surface area contributed by atoms with E-state index in [1.54, 1.807) is 18.3 Å². The highest BCUT2D eigenvalue weighted by Crippen LogP contribution is 2.17. The van der Waals surface area contributed by atoms with Gasteiger partial charge in [-0.3, -0.25) is 4.79 Å². The van der Waals surface area contributed by atoms with Gasteiger partial charge in [0.05, 0.1) is 0 Å². The van der Waals surface area contributed by atoms with Crippen LogP contribution in [0.15, 0.2) is 48.7 Å². The first-order valence-corrected chi connectivity index (χ1v) is 10.0. The maximum absolute atomic E-state index is 12.6. The van der Waals surface area contributed by atoms with Gasteiger partial charge in [0.2, 0.25) is 11.9 Å². The molecule has 154 valence electrons. The number of aryl methyl sites for hydroxylation is 1. The number of hydrogen-bond acceptors (Lipinski definition) is 8. The number of nitrogens with zero attached hydrogens (tertiary/aromatic N) is 5. The highest BCUT2D eigenvalue weighted by molar-refractivity contribution is 6.04. The lowest BCUT2D eigenvalue weighted by Crippen LogP contribution is -2.44. The molecule has 2 aromatic heterocycles. The number of para-hydroxylation sites is 1. The van der Waals surface area contributed by atoms with E-state index in [0.717, 1.165) is 31.9 Å². The zero-order valence-electron chi connectivity index (χ0n) is 16.8. The van der Waals surface area contributed by atoms with Gasteiger partial charge in [-0.2, -0.15) is 15.0 Å². The molecule has 30 heavy (non-hydrogen) atoms. The van der Waals surface area contributed by atoms with Crippen molar-refractivity contribution in [2.24, 2.45) is 0 Å². The summed E-state index contributed by atoms with van der Waals surface area (Å²) in [4.78, 5) is 32.6. The highest BCUT2D eigenvalue weighted by atomic mass is 16.1. The molecule has 4 rings (SSSR count). The first kappa shape index (κ1) is 19.7. The summed E-state index contributed by atoms with van der Waals surface area (Å²) in [5, 5.41) is 9.32.